The van der Waals surface area contributed by atoms with Gasteiger partial charge in [0, 0.05) is 11.6 Å². The third-order valence-corrected chi connectivity index (χ3v) is 3.46. The number of rotatable bonds is 2. The highest BCUT2D eigenvalue weighted by atomic mass is 16.5. The second-order valence-corrected chi connectivity index (χ2v) is 5.95. The van der Waals surface area contributed by atoms with Crippen molar-refractivity contribution in [3.63, 3.8) is 0 Å². The minimum Gasteiger partial charge on any atom is -0.508 e. The molecular weight excluding hydrogens is 276 g/mol. The summed E-state index contributed by atoms with van der Waals surface area (Å²) in [6, 6.07) is 10.5. The smallest absolute Gasteiger partial charge is 0.127 e. The number of phenolic OH excluding ortho intramolecular Hbond substituents is 2. The largest absolute Gasteiger partial charge is 0.508 e. The summed E-state index contributed by atoms with van der Waals surface area (Å²) in [5, 5.41) is 19.0. The third-order valence-electron chi connectivity index (χ3n) is 3.46. The predicted octanol–water partition coefficient (Wildman–Crippen LogP) is 4.45. The molecule has 0 radical (unpaired) electrons. The number of fused-ring (bicyclic) bond motifs is 1. The molecule has 1 heterocycles. The van der Waals surface area contributed by atoms with Crippen molar-refractivity contribution in [3.8, 4) is 17.2 Å². The van der Waals surface area contributed by atoms with Gasteiger partial charge in [-0.15, -0.1) is 0 Å². The van der Waals surface area contributed by atoms with Crippen LogP contribution in [0.4, 0.5) is 0 Å². The maximum atomic E-state index is 9.48. The number of hydrogen-bond donors (Lipinski definition) is 2. The molecule has 0 spiro atoms. The van der Waals surface area contributed by atoms with Crippen molar-refractivity contribution in [2.24, 2.45) is 0 Å². The average Bonchev–Trinajstić information content (AvgIpc) is 2.43. The summed E-state index contributed by atoms with van der Waals surface area (Å²) in [6.07, 6.45) is 7.88. The van der Waals surface area contributed by atoms with Crippen LogP contribution in [0.3, 0.4) is 0 Å². The quantitative estimate of drug-likeness (QED) is 0.804. The lowest BCUT2D eigenvalue weighted by Gasteiger charge is -2.27. The molecule has 0 saturated heterocycles. The first-order valence-electron chi connectivity index (χ1n) is 7.15. The van der Waals surface area contributed by atoms with Gasteiger partial charge in [-0.3, -0.25) is 0 Å². The summed E-state index contributed by atoms with van der Waals surface area (Å²) in [4.78, 5) is 0. The van der Waals surface area contributed by atoms with Gasteiger partial charge < -0.3 is 14.9 Å². The van der Waals surface area contributed by atoms with E-state index in [2.05, 4.69) is 6.08 Å². The molecule has 2 aromatic carbocycles. The highest BCUT2D eigenvalue weighted by Gasteiger charge is 2.21. The van der Waals surface area contributed by atoms with Crippen LogP contribution in [0.1, 0.15) is 30.5 Å². The third kappa shape index (κ3) is 3.14. The molecule has 0 amide bonds. The minimum atomic E-state index is -0.274. The summed E-state index contributed by atoms with van der Waals surface area (Å²) in [6.45, 7) is 4.04. The Balaban J connectivity index is 1.86. The molecule has 1 aliphatic rings. The van der Waals surface area contributed by atoms with Gasteiger partial charge in [-0.05, 0) is 55.3 Å². The van der Waals surface area contributed by atoms with Crippen LogP contribution in [-0.2, 0) is 0 Å². The Morgan fingerprint density at radius 2 is 1.59 bits per heavy atom. The number of phenols is 2. The molecule has 22 heavy (non-hydrogen) atoms. The van der Waals surface area contributed by atoms with Gasteiger partial charge in [-0.1, -0.05) is 24.3 Å². The monoisotopic (exact) mass is 294 g/mol. The molecule has 0 atom stereocenters. The molecule has 3 heteroatoms. The van der Waals surface area contributed by atoms with Crippen LogP contribution < -0.4 is 4.74 Å². The van der Waals surface area contributed by atoms with Crippen LogP contribution in [-0.4, -0.2) is 15.8 Å². The van der Waals surface area contributed by atoms with E-state index in [0.717, 1.165) is 22.4 Å². The summed E-state index contributed by atoms with van der Waals surface area (Å²) < 4.78 is 5.89. The van der Waals surface area contributed by atoms with E-state index in [0.29, 0.717) is 0 Å². The maximum absolute atomic E-state index is 9.48. The Kier molecular flexibility index (Phi) is 3.41. The van der Waals surface area contributed by atoms with E-state index >= 15 is 0 Å². The van der Waals surface area contributed by atoms with Gasteiger partial charge in [-0.25, -0.2) is 0 Å². The Labute approximate surface area is 129 Å². The van der Waals surface area contributed by atoms with Crippen LogP contribution >= 0.6 is 0 Å². The van der Waals surface area contributed by atoms with Gasteiger partial charge >= 0.3 is 0 Å². The first-order valence-corrected chi connectivity index (χ1v) is 7.15. The van der Waals surface area contributed by atoms with Crippen molar-refractivity contribution in [2.45, 2.75) is 19.4 Å². The van der Waals surface area contributed by atoms with E-state index in [9.17, 15) is 10.2 Å². The molecule has 0 fully saturated rings. The summed E-state index contributed by atoms with van der Waals surface area (Å²) >= 11 is 0. The number of aromatic hydroxyl groups is 2. The van der Waals surface area contributed by atoms with Crippen molar-refractivity contribution in [3.05, 3.63) is 59.2 Å². The highest BCUT2D eigenvalue weighted by molar-refractivity contribution is 5.73. The summed E-state index contributed by atoms with van der Waals surface area (Å²) in [5.41, 5.74) is 2.53. The van der Waals surface area contributed by atoms with E-state index in [1.807, 2.05) is 50.3 Å². The fourth-order valence-electron chi connectivity index (χ4n) is 2.41. The van der Waals surface area contributed by atoms with Crippen LogP contribution in [0.15, 0.2) is 42.5 Å². The molecule has 0 unspecified atom stereocenters. The van der Waals surface area contributed by atoms with E-state index in [1.54, 1.807) is 12.1 Å². The maximum Gasteiger partial charge on any atom is 0.127 e. The normalized spacial score (nSPS) is 15.5. The van der Waals surface area contributed by atoms with Crippen LogP contribution in [0.2, 0.25) is 0 Å². The van der Waals surface area contributed by atoms with Crippen molar-refractivity contribution in [1.29, 1.82) is 0 Å². The van der Waals surface area contributed by atoms with Crippen molar-refractivity contribution in [2.75, 3.05) is 0 Å². The first kappa shape index (κ1) is 14.3. The van der Waals surface area contributed by atoms with Crippen LogP contribution in [0, 0.1) is 0 Å². The molecule has 0 aliphatic carbocycles. The molecule has 112 valence electrons. The molecule has 0 saturated carbocycles. The molecule has 1 aliphatic heterocycles. The van der Waals surface area contributed by atoms with Crippen molar-refractivity contribution >= 4 is 18.2 Å². The lowest BCUT2D eigenvalue weighted by atomic mass is 10.0. The van der Waals surface area contributed by atoms with Gasteiger partial charge in [0.1, 0.15) is 22.8 Å². The zero-order valence-electron chi connectivity index (χ0n) is 12.6. The lowest BCUT2D eigenvalue weighted by Crippen LogP contribution is -2.27. The van der Waals surface area contributed by atoms with Gasteiger partial charge in [-0.2, -0.15) is 0 Å². The molecule has 0 aromatic heterocycles. The second kappa shape index (κ2) is 5.26. The van der Waals surface area contributed by atoms with Crippen LogP contribution in [0.5, 0.6) is 17.2 Å². The number of benzene rings is 2. The van der Waals surface area contributed by atoms with Crippen molar-refractivity contribution < 1.29 is 14.9 Å². The van der Waals surface area contributed by atoms with Crippen LogP contribution in [0.25, 0.3) is 18.2 Å². The first-order chi connectivity index (χ1) is 10.4. The fourth-order valence-corrected chi connectivity index (χ4v) is 2.41. The number of hydrogen-bond acceptors (Lipinski definition) is 3. The Bertz CT molecular complexity index is 750. The average molecular weight is 294 g/mol. The van der Waals surface area contributed by atoms with Gasteiger partial charge in [0.2, 0.25) is 0 Å². The molecule has 2 N–H and O–H groups in total. The Morgan fingerprint density at radius 1 is 0.909 bits per heavy atom. The fraction of sp³-hybridized carbons (Fsp3) is 0.158. The highest BCUT2D eigenvalue weighted by Crippen LogP contribution is 2.31. The van der Waals surface area contributed by atoms with Gasteiger partial charge in [0.25, 0.3) is 0 Å². The van der Waals surface area contributed by atoms with E-state index in [1.165, 1.54) is 6.07 Å². The molecule has 0 bridgehead atoms. The second-order valence-electron chi connectivity index (χ2n) is 5.95. The van der Waals surface area contributed by atoms with Gasteiger partial charge in [0.15, 0.2) is 0 Å². The molecular formula is C19H18O3. The number of ether oxygens (including phenoxy) is 1. The standard InChI is InChI=1S/C19H18O3/c1-19(2)8-7-15-9-13(5-6-18(15)22-19)3-4-14-10-16(20)12-17(21)11-14/h3-12,20-21H,1-2H3/b4-3+. The zero-order valence-corrected chi connectivity index (χ0v) is 12.6. The van der Waals surface area contributed by atoms with Crippen molar-refractivity contribution in [1.82, 2.24) is 0 Å². The van der Waals surface area contributed by atoms with Gasteiger partial charge in [0.05, 0.1) is 0 Å². The van der Waals surface area contributed by atoms with E-state index in [-0.39, 0.29) is 17.1 Å². The molecule has 3 nitrogen and oxygen atoms in total. The lowest BCUT2D eigenvalue weighted by molar-refractivity contribution is 0.159. The summed E-state index contributed by atoms with van der Waals surface area (Å²) in [7, 11) is 0. The van der Waals surface area contributed by atoms with E-state index < -0.39 is 0 Å². The van der Waals surface area contributed by atoms with E-state index in [4.69, 9.17) is 4.74 Å². The predicted molar refractivity (Wildman–Crippen MR) is 88.9 cm³/mol. The Hall–Kier alpha value is -2.68. The SMILES string of the molecule is CC1(C)C=Cc2cc(/C=C/c3cc(O)cc(O)c3)ccc2O1. The Morgan fingerprint density at radius 3 is 2.32 bits per heavy atom. The molecule has 3 rings (SSSR count). The zero-order chi connectivity index (χ0) is 15.7. The minimum absolute atomic E-state index is 0.0451. The summed E-state index contributed by atoms with van der Waals surface area (Å²) in [5.74, 6) is 0.965. The topological polar surface area (TPSA) is 49.7 Å². The molecule has 2 aromatic rings.